The Morgan fingerprint density at radius 2 is 2.06 bits per heavy atom. The van der Waals surface area contributed by atoms with E-state index in [1.165, 1.54) is 30.4 Å². The van der Waals surface area contributed by atoms with Gasteiger partial charge in [0.05, 0.1) is 18.2 Å². The van der Waals surface area contributed by atoms with Gasteiger partial charge >= 0.3 is 0 Å². The summed E-state index contributed by atoms with van der Waals surface area (Å²) in [6.45, 7) is 0.0605. The maximum Gasteiger partial charge on any atom is 0.138 e. The van der Waals surface area contributed by atoms with E-state index < -0.39 is 0 Å². The predicted molar refractivity (Wildman–Crippen MR) is 67.9 cm³/mol. The van der Waals surface area contributed by atoms with Crippen molar-refractivity contribution in [2.24, 2.45) is 0 Å². The Morgan fingerprint density at radius 1 is 1.31 bits per heavy atom. The zero-order valence-electron chi connectivity index (χ0n) is 9.55. The minimum Gasteiger partial charge on any atom is -0.495 e. The van der Waals surface area contributed by atoms with Crippen LogP contribution >= 0.6 is 15.9 Å². The van der Waals surface area contributed by atoms with E-state index >= 15 is 0 Å². The SMILES string of the molecule is COc1c(Br)cc2c(c1CO)CCCCC2. The van der Waals surface area contributed by atoms with Gasteiger partial charge in [0.2, 0.25) is 0 Å². The standard InChI is InChI=1S/C13H17BrO2/c1-16-13-11(8-15)10-6-4-2-3-5-9(10)7-12(13)14/h7,15H,2-6,8H2,1H3. The van der Waals surface area contributed by atoms with Gasteiger partial charge in [-0.15, -0.1) is 0 Å². The first kappa shape index (κ1) is 11.9. The zero-order chi connectivity index (χ0) is 11.5. The van der Waals surface area contributed by atoms with Crippen molar-refractivity contribution < 1.29 is 9.84 Å². The van der Waals surface area contributed by atoms with Gasteiger partial charge in [-0.1, -0.05) is 6.42 Å². The van der Waals surface area contributed by atoms with Crippen molar-refractivity contribution in [2.45, 2.75) is 38.7 Å². The molecule has 0 radical (unpaired) electrons. The third kappa shape index (κ3) is 2.11. The van der Waals surface area contributed by atoms with Gasteiger partial charge in [-0.3, -0.25) is 0 Å². The number of hydrogen-bond acceptors (Lipinski definition) is 2. The van der Waals surface area contributed by atoms with Gasteiger partial charge in [0, 0.05) is 5.56 Å². The van der Waals surface area contributed by atoms with Crippen LogP contribution in [0.25, 0.3) is 0 Å². The number of rotatable bonds is 2. The second kappa shape index (κ2) is 5.19. The smallest absolute Gasteiger partial charge is 0.138 e. The van der Waals surface area contributed by atoms with Crippen LogP contribution in [0, 0.1) is 0 Å². The van der Waals surface area contributed by atoms with E-state index in [0.29, 0.717) is 0 Å². The Balaban J connectivity index is 2.56. The number of aryl methyl sites for hydroxylation is 1. The summed E-state index contributed by atoms with van der Waals surface area (Å²) >= 11 is 3.52. The summed E-state index contributed by atoms with van der Waals surface area (Å²) in [5.74, 6) is 0.795. The molecule has 0 saturated heterocycles. The third-order valence-electron chi connectivity index (χ3n) is 3.28. The molecule has 0 bridgehead atoms. The summed E-state index contributed by atoms with van der Waals surface area (Å²) in [4.78, 5) is 0. The Labute approximate surface area is 105 Å². The zero-order valence-corrected chi connectivity index (χ0v) is 11.1. The molecule has 16 heavy (non-hydrogen) atoms. The Morgan fingerprint density at radius 3 is 2.75 bits per heavy atom. The van der Waals surface area contributed by atoms with Crippen LogP contribution in [0.3, 0.4) is 0 Å². The molecule has 88 valence electrons. The van der Waals surface area contributed by atoms with Gasteiger partial charge in [-0.2, -0.15) is 0 Å². The van der Waals surface area contributed by atoms with Crippen molar-refractivity contribution in [3.8, 4) is 5.75 Å². The molecule has 0 fully saturated rings. The Hall–Kier alpha value is -0.540. The third-order valence-corrected chi connectivity index (χ3v) is 3.87. The number of hydrogen-bond donors (Lipinski definition) is 1. The van der Waals surface area contributed by atoms with E-state index in [2.05, 4.69) is 22.0 Å². The molecule has 1 aliphatic carbocycles. The highest BCUT2D eigenvalue weighted by atomic mass is 79.9. The van der Waals surface area contributed by atoms with Gasteiger partial charge in [-0.25, -0.2) is 0 Å². The number of fused-ring (bicyclic) bond motifs is 1. The molecular weight excluding hydrogens is 268 g/mol. The molecule has 0 aromatic heterocycles. The molecule has 1 aromatic rings. The largest absolute Gasteiger partial charge is 0.495 e. The average Bonchev–Trinajstić information content (AvgIpc) is 2.52. The molecule has 0 saturated carbocycles. The lowest BCUT2D eigenvalue weighted by atomic mass is 9.96. The van der Waals surface area contributed by atoms with Crippen LogP contribution in [0.2, 0.25) is 0 Å². The summed E-state index contributed by atoms with van der Waals surface area (Å²) in [6, 6.07) is 2.15. The highest BCUT2D eigenvalue weighted by molar-refractivity contribution is 9.10. The molecule has 0 unspecified atom stereocenters. The van der Waals surface area contributed by atoms with Crippen LogP contribution in [0.15, 0.2) is 10.5 Å². The lowest BCUT2D eigenvalue weighted by Crippen LogP contribution is -2.03. The van der Waals surface area contributed by atoms with Crippen molar-refractivity contribution in [3.05, 3.63) is 27.2 Å². The first-order chi connectivity index (χ1) is 7.77. The van der Waals surface area contributed by atoms with E-state index in [4.69, 9.17) is 4.74 Å². The number of ether oxygens (including phenoxy) is 1. The summed E-state index contributed by atoms with van der Waals surface area (Å²) in [5.41, 5.74) is 3.64. The van der Waals surface area contributed by atoms with Crippen LogP contribution in [-0.4, -0.2) is 12.2 Å². The van der Waals surface area contributed by atoms with E-state index in [-0.39, 0.29) is 6.61 Å². The molecule has 0 atom stereocenters. The molecule has 3 heteroatoms. The van der Waals surface area contributed by atoms with Crippen LogP contribution in [0.5, 0.6) is 5.75 Å². The van der Waals surface area contributed by atoms with Crippen molar-refractivity contribution in [1.82, 2.24) is 0 Å². The first-order valence-electron chi connectivity index (χ1n) is 5.76. The second-order valence-corrected chi connectivity index (χ2v) is 5.08. The molecular formula is C13H17BrO2. The van der Waals surface area contributed by atoms with Gasteiger partial charge in [0.15, 0.2) is 0 Å². The lowest BCUT2D eigenvalue weighted by molar-refractivity contribution is 0.272. The molecule has 0 aliphatic heterocycles. The van der Waals surface area contributed by atoms with Gasteiger partial charge in [0.25, 0.3) is 0 Å². The van der Waals surface area contributed by atoms with E-state index in [9.17, 15) is 5.11 Å². The van der Waals surface area contributed by atoms with E-state index in [1.807, 2.05) is 0 Å². The number of halogens is 1. The van der Waals surface area contributed by atoms with Crippen LogP contribution in [-0.2, 0) is 19.4 Å². The second-order valence-electron chi connectivity index (χ2n) is 4.23. The molecule has 0 spiro atoms. The molecule has 1 aliphatic rings. The fraction of sp³-hybridized carbons (Fsp3) is 0.538. The molecule has 1 aromatic carbocycles. The van der Waals surface area contributed by atoms with Gasteiger partial charge in [0.1, 0.15) is 5.75 Å². The highest BCUT2D eigenvalue weighted by Crippen LogP contribution is 2.36. The van der Waals surface area contributed by atoms with Crippen molar-refractivity contribution in [1.29, 1.82) is 0 Å². The van der Waals surface area contributed by atoms with E-state index in [1.54, 1.807) is 7.11 Å². The summed E-state index contributed by atoms with van der Waals surface area (Å²) < 4.78 is 6.33. The predicted octanol–water partition coefficient (Wildman–Crippen LogP) is 3.22. The number of methoxy groups -OCH3 is 1. The molecule has 2 nitrogen and oxygen atoms in total. The maximum atomic E-state index is 9.52. The van der Waals surface area contributed by atoms with Crippen LogP contribution in [0.1, 0.15) is 36.0 Å². The molecule has 2 rings (SSSR count). The highest BCUT2D eigenvalue weighted by Gasteiger charge is 2.18. The van der Waals surface area contributed by atoms with Crippen LogP contribution in [0.4, 0.5) is 0 Å². The summed E-state index contributed by atoms with van der Waals surface area (Å²) in [7, 11) is 1.66. The minimum absolute atomic E-state index is 0.0605. The number of benzene rings is 1. The fourth-order valence-electron chi connectivity index (χ4n) is 2.50. The number of aliphatic hydroxyl groups is 1. The summed E-state index contributed by atoms with van der Waals surface area (Å²) in [5, 5.41) is 9.52. The molecule has 0 heterocycles. The summed E-state index contributed by atoms with van der Waals surface area (Å²) in [6.07, 6.45) is 5.92. The average molecular weight is 285 g/mol. The van der Waals surface area contributed by atoms with E-state index in [0.717, 1.165) is 28.6 Å². The monoisotopic (exact) mass is 284 g/mol. The Kier molecular flexibility index (Phi) is 3.87. The fourth-order valence-corrected chi connectivity index (χ4v) is 3.17. The Bertz CT molecular complexity index is 388. The maximum absolute atomic E-state index is 9.52. The normalized spacial score (nSPS) is 15.4. The lowest BCUT2D eigenvalue weighted by Gasteiger charge is -2.16. The first-order valence-corrected chi connectivity index (χ1v) is 6.55. The topological polar surface area (TPSA) is 29.5 Å². The minimum atomic E-state index is 0.0605. The number of aliphatic hydroxyl groups excluding tert-OH is 1. The van der Waals surface area contributed by atoms with Gasteiger partial charge < -0.3 is 9.84 Å². The van der Waals surface area contributed by atoms with Crippen molar-refractivity contribution in [2.75, 3.05) is 7.11 Å². The van der Waals surface area contributed by atoms with Crippen molar-refractivity contribution >= 4 is 15.9 Å². The van der Waals surface area contributed by atoms with Gasteiger partial charge in [-0.05, 0) is 58.8 Å². The molecule has 1 N–H and O–H groups in total. The van der Waals surface area contributed by atoms with Crippen LogP contribution < -0.4 is 4.74 Å². The van der Waals surface area contributed by atoms with Crippen molar-refractivity contribution in [3.63, 3.8) is 0 Å². The molecule has 0 amide bonds. The quantitative estimate of drug-likeness (QED) is 0.845.